The minimum Gasteiger partial charge on any atom is -0.304 e. The Hall–Kier alpha value is -0.120. The Morgan fingerprint density at radius 1 is 0.818 bits per heavy atom. The molecule has 0 unspecified atom stereocenters. The quantitative estimate of drug-likeness (QED) is 0.782. The Morgan fingerprint density at radius 3 is 1.77 bits per heavy atom. The van der Waals surface area contributed by atoms with Crippen LogP contribution in [0.1, 0.15) is 60.8 Å². The maximum atomic E-state index is 2.66. The van der Waals surface area contributed by atoms with Crippen molar-refractivity contribution in [1.29, 1.82) is 0 Å². The summed E-state index contributed by atoms with van der Waals surface area (Å²) in [5.41, 5.74) is 0. The van der Waals surface area contributed by atoms with Crippen molar-refractivity contribution >= 4 is 0 Å². The molecular formula is C19H43N3. The molecule has 0 aliphatic carbocycles. The zero-order valence-corrected chi connectivity index (χ0v) is 16.6. The lowest BCUT2D eigenvalue weighted by Crippen LogP contribution is -2.45. The molecule has 2 aliphatic heterocycles. The van der Waals surface area contributed by atoms with E-state index in [1.165, 1.54) is 65.1 Å². The summed E-state index contributed by atoms with van der Waals surface area (Å²) < 4.78 is 0. The molecule has 0 saturated carbocycles. The lowest BCUT2D eigenvalue weighted by atomic mass is 9.92. The van der Waals surface area contributed by atoms with Crippen molar-refractivity contribution in [3.8, 4) is 0 Å². The fraction of sp³-hybridized carbons (Fsp3) is 1.00. The summed E-state index contributed by atoms with van der Waals surface area (Å²) in [6.07, 6.45) is 4.27. The number of hydrogen-bond donors (Lipinski definition) is 0. The van der Waals surface area contributed by atoms with Gasteiger partial charge in [0.25, 0.3) is 0 Å². The number of piperazine rings is 1. The smallest absolute Gasteiger partial charge is 0.0110 e. The summed E-state index contributed by atoms with van der Waals surface area (Å²) in [6.45, 7) is 21.7. The van der Waals surface area contributed by atoms with Crippen LogP contribution in [0.2, 0.25) is 0 Å². The van der Waals surface area contributed by atoms with Gasteiger partial charge in [-0.2, -0.15) is 0 Å². The highest BCUT2D eigenvalue weighted by atomic mass is 15.2. The normalized spacial score (nSPS) is 21.8. The van der Waals surface area contributed by atoms with Crippen molar-refractivity contribution in [1.82, 2.24) is 14.7 Å². The van der Waals surface area contributed by atoms with Crippen LogP contribution < -0.4 is 0 Å². The Labute approximate surface area is 141 Å². The molecule has 0 aromatic heterocycles. The SMILES string of the molecule is CC.CC.CC(C)N1CCC(CCN2CCN(C)CC2)CC1. The topological polar surface area (TPSA) is 9.72 Å². The molecule has 0 aromatic rings. The zero-order chi connectivity index (χ0) is 17.0. The molecule has 2 rings (SSSR count). The Bertz CT molecular complexity index is 227. The molecule has 0 radical (unpaired) electrons. The van der Waals surface area contributed by atoms with Gasteiger partial charge >= 0.3 is 0 Å². The average molecular weight is 314 g/mol. The van der Waals surface area contributed by atoms with E-state index in [1.54, 1.807) is 0 Å². The maximum Gasteiger partial charge on any atom is 0.0110 e. The molecule has 0 bridgehead atoms. The maximum absolute atomic E-state index is 2.66. The zero-order valence-electron chi connectivity index (χ0n) is 16.6. The first-order chi connectivity index (χ1) is 10.6. The molecule has 3 nitrogen and oxygen atoms in total. The van der Waals surface area contributed by atoms with Crippen LogP contribution in [-0.2, 0) is 0 Å². The largest absolute Gasteiger partial charge is 0.304 e. The van der Waals surface area contributed by atoms with Crippen LogP contribution in [-0.4, -0.2) is 73.6 Å². The first-order valence-electron chi connectivity index (χ1n) is 9.80. The molecule has 2 fully saturated rings. The van der Waals surface area contributed by atoms with Gasteiger partial charge in [-0.25, -0.2) is 0 Å². The number of rotatable bonds is 4. The van der Waals surface area contributed by atoms with E-state index in [0.717, 1.165) is 12.0 Å². The third-order valence-corrected chi connectivity index (χ3v) is 4.83. The predicted molar refractivity (Wildman–Crippen MR) is 101 cm³/mol. The second kappa shape index (κ2) is 13.3. The minimum absolute atomic E-state index is 0.739. The number of likely N-dealkylation sites (tertiary alicyclic amines) is 1. The fourth-order valence-electron chi connectivity index (χ4n) is 3.19. The Balaban J connectivity index is 0.00000102. The molecule has 0 spiro atoms. The van der Waals surface area contributed by atoms with E-state index in [-0.39, 0.29) is 0 Å². The summed E-state index contributed by atoms with van der Waals surface area (Å²) in [5.74, 6) is 0.986. The number of nitrogens with zero attached hydrogens (tertiary/aromatic N) is 3. The molecular weight excluding hydrogens is 270 g/mol. The van der Waals surface area contributed by atoms with Gasteiger partial charge in [-0.15, -0.1) is 0 Å². The molecule has 0 aromatic carbocycles. The van der Waals surface area contributed by atoms with Crippen molar-refractivity contribution in [2.24, 2.45) is 5.92 Å². The highest BCUT2D eigenvalue weighted by Crippen LogP contribution is 2.22. The van der Waals surface area contributed by atoms with E-state index < -0.39 is 0 Å². The van der Waals surface area contributed by atoms with E-state index in [1.807, 2.05) is 27.7 Å². The molecule has 0 amide bonds. The van der Waals surface area contributed by atoms with Crippen molar-refractivity contribution in [3.63, 3.8) is 0 Å². The molecule has 134 valence electrons. The number of likely N-dealkylation sites (N-methyl/N-ethyl adjacent to an activating group) is 1. The monoisotopic (exact) mass is 313 g/mol. The fourth-order valence-corrected chi connectivity index (χ4v) is 3.19. The van der Waals surface area contributed by atoms with E-state index >= 15 is 0 Å². The number of hydrogen-bond acceptors (Lipinski definition) is 3. The van der Waals surface area contributed by atoms with Crippen LogP contribution >= 0.6 is 0 Å². The second-order valence-corrected chi connectivity index (χ2v) is 6.51. The first-order valence-corrected chi connectivity index (χ1v) is 9.80. The van der Waals surface area contributed by atoms with Gasteiger partial charge < -0.3 is 14.7 Å². The third kappa shape index (κ3) is 8.50. The highest BCUT2D eigenvalue weighted by Gasteiger charge is 2.22. The molecule has 3 heteroatoms. The Kier molecular flexibility index (Phi) is 13.3. The minimum atomic E-state index is 0.739. The molecule has 22 heavy (non-hydrogen) atoms. The van der Waals surface area contributed by atoms with Gasteiger partial charge in [0.2, 0.25) is 0 Å². The highest BCUT2D eigenvalue weighted by molar-refractivity contribution is 4.76. The van der Waals surface area contributed by atoms with Gasteiger partial charge in [-0.1, -0.05) is 27.7 Å². The first kappa shape index (κ1) is 21.9. The molecule has 0 N–H and O–H groups in total. The van der Waals surface area contributed by atoms with Crippen molar-refractivity contribution < 1.29 is 0 Å². The van der Waals surface area contributed by atoms with Crippen LogP contribution in [0.5, 0.6) is 0 Å². The Morgan fingerprint density at radius 2 is 1.32 bits per heavy atom. The van der Waals surface area contributed by atoms with E-state index in [9.17, 15) is 0 Å². The van der Waals surface area contributed by atoms with Gasteiger partial charge in [0, 0.05) is 32.2 Å². The van der Waals surface area contributed by atoms with Gasteiger partial charge in [-0.3, -0.25) is 0 Å². The molecule has 2 aliphatic rings. The average Bonchev–Trinajstić information content (AvgIpc) is 2.58. The molecule has 0 atom stereocenters. The van der Waals surface area contributed by atoms with Crippen LogP contribution in [0.15, 0.2) is 0 Å². The van der Waals surface area contributed by atoms with Crippen LogP contribution in [0.3, 0.4) is 0 Å². The summed E-state index contributed by atoms with van der Waals surface area (Å²) in [6, 6.07) is 0.739. The van der Waals surface area contributed by atoms with Gasteiger partial charge in [0.05, 0.1) is 0 Å². The molecule has 2 heterocycles. The number of piperidine rings is 1. The molecule has 2 saturated heterocycles. The van der Waals surface area contributed by atoms with Crippen LogP contribution in [0.25, 0.3) is 0 Å². The van der Waals surface area contributed by atoms with Crippen LogP contribution in [0, 0.1) is 5.92 Å². The predicted octanol–water partition coefficient (Wildman–Crippen LogP) is 3.80. The van der Waals surface area contributed by atoms with Crippen molar-refractivity contribution in [3.05, 3.63) is 0 Å². The summed E-state index contributed by atoms with van der Waals surface area (Å²) in [7, 11) is 2.24. The lowest BCUT2D eigenvalue weighted by Gasteiger charge is -2.36. The lowest BCUT2D eigenvalue weighted by molar-refractivity contribution is 0.118. The van der Waals surface area contributed by atoms with E-state index in [2.05, 4.69) is 35.6 Å². The summed E-state index contributed by atoms with van der Waals surface area (Å²) >= 11 is 0. The van der Waals surface area contributed by atoms with E-state index in [4.69, 9.17) is 0 Å². The van der Waals surface area contributed by atoms with Crippen molar-refractivity contribution in [2.45, 2.75) is 66.8 Å². The van der Waals surface area contributed by atoms with E-state index in [0.29, 0.717) is 0 Å². The van der Waals surface area contributed by atoms with Crippen LogP contribution in [0.4, 0.5) is 0 Å². The standard InChI is InChI=1S/C15H31N3.2C2H6/c1-14(2)18-8-5-15(6-9-18)4-7-17-12-10-16(3)11-13-17;2*1-2/h14-15H,4-13H2,1-3H3;2*1-2H3. The summed E-state index contributed by atoms with van der Waals surface area (Å²) in [5, 5.41) is 0. The van der Waals surface area contributed by atoms with Crippen molar-refractivity contribution in [2.75, 3.05) is 52.9 Å². The van der Waals surface area contributed by atoms with Gasteiger partial charge in [0.15, 0.2) is 0 Å². The summed E-state index contributed by atoms with van der Waals surface area (Å²) in [4.78, 5) is 7.73. The third-order valence-electron chi connectivity index (χ3n) is 4.83. The van der Waals surface area contributed by atoms with Gasteiger partial charge in [0.1, 0.15) is 0 Å². The second-order valence-electron chi connectivity index (χ2n) is 6.51. The van der Waals surface area contributed by atoms with Gasteiger partial charge in [-0.05, 0) is 65.7 Å².